The number of hydrogen-bond donors (Lipinski definition) is 5. The number of aliphatic hydroxyl groups is 3. The molecule has 3 aliphatic rings. The largest absolute Gasteiger partial charge is 0.510 e. The maximum atomic E-state index is 13.6. The monoisotopic (exact) mass is 500 g/mol. The Morgan fingerprint density at radius 3 is 2.44 bits per heavy atom. The van der Waals surface area contributed by atoms with Crippen molar-refractivity contribution >= 4 is 23.4 Å². The van der Waals surface area contributed by atoms with Gasteiger partial charge in [0.25, 0.3) is 5.91 Å². The van der Waals surface area contributed by atoms with Crippen molar-refractivity contribution in [2.24, 2.45) is 17.6 Å². The van der Waals surface area contributed by atoms with Gasteiger partial charge in [-0.2, -0.15) is 0 Å². The molecule has 192 valence electrons. The molecule has 11 heteroatoms. The van der Waals surface area contributed by atoms with Crippen molar-refractivity contribution in [3.8, 4) is 5.75 Å². The lowest BCUT2D eigenvalue weighted by atomic mass is 9.58. The van der Waals surface area contributed by atoms with Gasteiger partial charge in [0, 0.05) is 17.9 Å². The van der Waals surface area contributed by atoms with Gasteiger partial charge in [0.05, 0.1) is 18.7 Å². The normalized spacial score (nSPS) is 27.5. The lowest BCUT2D eigenvalue weighted by Crippen LogP contribution is -2.63. The number of allylic oxidation sites excluding steroid dienone is 1. The molecule has 4 atom stereocenters. The van der Waals surface area contributed by atoms with Crippen LogP contribution in [0, 0.1) is 11.8 Å². The smallest absolute Gasteiger partial charge is 0.305 e. The molecule has 1 amide bonds. The molecule has 11 nitrogen and oxygen atoms in total. The topological polar surface area (TPSA) is 188 Å². The lowest BCUT2D eigenvalue weighted by Gasteiger charge is -2.50. The molecular weight excluding hydrogens is 472 g/mol. The second-order valence-electron chi connectivity index (χ2n) is 9.64. The van der Waals surface area contributed by atoms with Gasteiger partial charge in [-0.05, 0) is 56.5 Å². The van der Waals surface area contributed by atoms with E-state index >= 15 is 0 Å². The number of aliphatic hydroxyl groups excluding tert-OH is 2. The van der Waals surface area contributed by atoms with Crippen molar-refractivity contribution in [1.29, 1.82) is 0 Å². The van der Waals surface area contributed by atoms with Crippen LogP contribution in [0.5, 0.6) is 5.75 Å². The minimum absolute atomic E-state index is 0.00212. The molecule has 1 aromatic carbocycles. The summed E-state index contributed by atoms with van der Waals surface area (Å²) in [5.41, 5.74) is 2.62. The van der Waals surface area contributed by atoms with Gasteiger partial charge in [0.1, 0.15) is 22.8 Å². The number of nitrogens with two attached hydrogens (primary N) is 1. The third kappa shape index (κ3) is 3.49. The average Bonchev–Trinajstić information content (AvgIpc) is 2.80. The summed E-state index contributed by atoms with van der Waals surface area (Å²) in [4.78, 5) is 52.0. The molecule has 0 saturated heterocycles. The number of carbonyl (C=O) groups excluding carboxylic acids is 4. The number of phenolic OH excluding ortho intramolecular Hbond substituents is 1. The number of aromatic hydroxyl groups is 1. The van der Waals surface area contributed by atoms with Crippen molar-refractivity contribution in [1.82, 2.24) is 4.90 Å². The molecule has 4 unspecified atom stereocenters. The van der Waals surface area contributed by atoms with E-state index in [2.05, 4.69) is 4.74 Å². The minimum Gasteiger partial charge on any atom is -0.510 e. The molecule has 0 spiro atoms. The number of likely N-dealkylation sites (N-methyl/N-ethyl adjacent to an activating group) is 1. The quantitative estimate of drug-likeness (QED) is 0.276. The van der Waals surface area contributed by atoms with Crippen LogP contribution < -0.4 is 5.73 Å². The molecule has 0 saturated carbocycles. The first-order chi connectivity index (χ1) is 16.9. The van der Waals surface area contributed by atoms with Crippen LogP contribution in [0.2, 0.25) is 0 Å². The second kappa shape index (κ2) is 8.75. The average molecular weight is 501 g/mol. The number of aryl methyl sites for hydroxylation is 1. The zero-order valence-electron chi connectivity index (χ0n) is 20.1. The van der Waals surface area contributed by atoms with Crippen LogP contribution in [0.15, 0.2) is 34.8 Å². The van der Waals surface area contributed by atoms with Gasteiger partial charge in [0.15, 0.2) is 11.4 Å². The Balaban J connectivity index is 1.89. The summed E-state index contributed by atoms with van der Waals surface area (Å²) in [5.74, 6) is -7.42. The van der Waals surface area contributed by atoms with Crippen LogP contribution in [0.3, 0.4) is 0 Å². The highest BCUT2D eigenvalue weighted by Crippen LogP contribution is 2.52. The maximum Gasteiger partial charge on any atom is 0.305 e. The third-order valence-corrected chi connectivity index (χ3v) is 7.53. The number of phenols is 1. The van der Waals surface area contributed by atoms with Gasteiger partial charge in [-0.25, -0.2) is 0 Å². The SMILES string of the molecule is COC(=O)CCc1ccc(O)c2c1CC1CC3C(N(C)C)C(O)=C(C(N)=O)C(=O)C3(O)C(O)=C1C2=O. The Bertz CT molecular complexity index is 1260. The molecule has 36 heavy (non-hydrogen) atoms. The number of esters is 1. The number of nitrogens with zero attached hydrogens (tertiary/aromatic N) is 1. The van der Waals surface area contributed by atoms with E-state index in [-0.39, 0.29) is 42.6 Å². The summed E-state index contributed by atoms with van der Waals surface area (Å²) in [6.45, 7) is 0. The lowest BCUT2D eigenvalue weighted by molar-refractivity contribution is -0.148. The first-order valence-electron chi connectivity index (χ1n) is 11.4. The molecule has 3 aliphatic carbocycles. The number of amides is 1. The van der Waals surface area contributed by atoms with E-state index in [1.54, 1.807) is 20.2 Å². The molecule has 0 aromatic heterocycles. The van der Waals surface area contributed by atoms with E-state index in [4.69, 9.17) is 5.73 Å². The summed E-state index contributed by atoms with van der Waals surface area (Å²) in [5, 5.41) is 44.1. The van der Waals surface area contributed by atoms with Crippen LogP contribution in [0.25, 0.3) is 0 Å². The number of ketones is 2. The number of fused-ring (bicyclic) bond motifs is 3. The fourth-order valence-corrected chi connectivity index (χ4v) is 5.89. The number of hydrogen-bond acceptors (Lipinski definition) is 10. The van der Waals surface area contributed by atoms with E-state index in [1.807, 2.05) is 0 Å². The van der Waals surface area contributed by atoms with Crippen molar-refractivity contribution in [2.75, 3.05) is 21.2 Å². The summed E-state index contributed by atoms with van der Waals surface area (Å²) in [6, 6.07) is 1.86. The fourth-order valence-electron chi connectivity index (χ4n) is 5.89. The van der Waals surface area contributed by atoms with Crippen molar-refractivity contribution < 1.29 is 44.3 Å². The minimum atomic E-state index is -2.68. The summed E-state index contributed by atoms with van der Waals surface area (Å²) < 4.78 is 4.69. The number of methoxy groups -OCH3 is 1. The number of rotatable bonds is 5. The molecule has 4 rings (SSSR count). The molecule has 0 radical (unpaired) electrons. The van der Waals surface area contributed by atoms with Crippen LogP contribution in [-0.2, 0) is 32.0 Å². The Morgan fingerprint density at radius 2 is 1.86 bits per heavy atom. The third-order valence-electron chi connectivity index (χ3n) is 7.53. The molecule has 1 aromatic rings. The van der Waals surface area contributed by atoms with Crippen LogP contribution in [0.1, 0.15) is 34.3 Å². The maximum absolute atomic E-state index is 13.6. The molecule has 0 heterocycles. The van der Waals surface area contributed by atoms with E-state index in [0.29, 0.717) is 11.1 Å². The molecular formula is C25H28N2O9. The number of carbonyl (C=O) groups is 4. The van der Waals surface area contributed by atoms with Crippen LogP contribution >= 0.6 is 0 Å². The number of Topliss-reactive ketones (excluding diaryl/α,β-unsaturated/α-hetero) is 2. The molecule has 0 aliphatic heterocycles. The van der Waals surface area contributed by atoms with Gasteiger partial charge in [-0.3, -0.25) is 24.1 Å². The molecule has 0 bridgehead atoms. The van der Waals surface area contributed by atoms with Gasteiger partial charge >= 0.3 is 5.97 Å². The standard InChI is InChI=1S/C25H28N2O9/c1-27(2)19-13-9-11-8-12-10(5-7-15(29)36-3)4-6-14(28)17(12)20(30)16(11)22(32)25(13,35)23(33)18(21(19)31)24(26)34/h4,6,11,13,19,28,31-32,35H,5,7-9H2,1-3H3,(H2,26,34). The highest BCUT2D eigenvalue weighted by atomic mass is 16.5. The number of benzene rings is 1. The van der Waals surface area contributed by atoms with Gasteiger partial charge in [-0.15, -0.1) is 0 Å². The van der Waals surface area contributed by atoms with E-state index in [9.17, 15) is 39.6 Å². The summed E-state index contributed by atoms with van der Waals surface area (Å²) in [7, 11) is 4.40. The van der Waals surface area contributed by atoms with Crippen molar-refractivity contribution in [3.05, 3.63) is 51.5 Å². The van der Waals surface area contributed by atoms with Crippen molar-refractivity contribution in [2.45, 2.75) is 37.3 Å². The highest BCUT2D eigenvalue weighted by Gasteiger charge is 2.63. The van der Waals surface area contributed by atoms with E-state index in [0.717, 1.165) is 0 Å². The van der Waals surface area contributed by atoms with E-state index in [1.165, 1.54) is 18.1 Å². The Morgan fingerprint density at radius 1 is 1.19 bits per heavy atom. The Kier molecular flexibility index (Phi) is 6.17. The predicted octanol–water partition coefficient (Wildman–Crippen LogP) is 0.226. The first-order valence-corrected chi connectivity index (χ1v) is 11.4. The number of ether oxygens (including phenoxy) is 1. The van der Waals surface area contributed by atoms with Crippen molar-refractivity contribution in [3.63, 3.8) is 0 Å². The van der Waals surface area contributed by atoms with Gasteiger partial charge in [0.2, 0.25) is 5.78 Å². The van der Waals surface area contributed by atoms with Gasteiger partial charge in [-0.1, -0.05) is 6.07 Å². The highest BCUT2D eigenvalue weighted by molar-refractivity contribution is 6.24. The molecule has 0 fully saturated rings. The number of primary amides is 1. The van der Waals surface area contributed by atoms with E-state index < -0.39 is 64.0 Å². The first kappa shape index (κ1) is 25.4. The molecule has 6 N–H and O–H groups in total. The zero-order chi connectivity index (χ0) is 26.7. The Hall–Kier alpha value is -3.70. The fraction of sp³-hybridized carbons (Fsp3) is 0.440. The van der Waals surface area contributed by atoms with Gasteiger partial charge < -0.3 is 30.9 Å². The predicted molar refractivity (Wildman–Crippen MR) is 124 cm³/mol. The zero-order valence-corrected chi connectivity index (χ0v) is 20.1. The summed E-state index contributed by atoms with van der Waals surface area (Å²) >= 11 is 0. The van der Waals surface area contributed by atoms with Crippen LogP contribution in [0.4, 0.5) is 0 Å². The second-order valence-corrected chi connectivity index (χ2v) is 9.64. The summed E-state index contributed by atoms with van der Waals surface area (Å²) in [6.07, 6.45) is 0.462. The van der Waals surface area contributed by atoms with Crippen LogP contribution in [-0.4, -0.2) is 81.6 Å². The Labute approximate surface area is 206 Å².